The summed E-state index contributed by atoms with van der Waals surface area (Å²) < 4.78 is 11.1. The maximum atomic E-state index is 5.54. The smallest absolute Gasteiger partial charge is 0.161 e. The van der Waals surface area contributed by atoms with Crippen LogP contribution in [0.25, 0.3) is 21.5 Å². The molecule has 0 spiro atoms. The monoisotopic (exact) mass is 328 g/mol. The molecule has 0 fully saturated rings. The van der Waals surface area contributed by atoms with E-state index >= 15 is 0 Å². The van der Waals surface area contributed by atoms with Gasteiger partial charge in [0, 0.05) is 0 Å². The zero-order chi connectivity index (χ0) is 17.2. The van der Waals surface area contributed by atoms with Crippen molar-refractivity contribution in [1.29, 1.82) is 0 Å². The molecule has 0 aromatic heterocycles. The second-order valence-electron chi connectivity index (χ2n) is 6.17. The molecule has 2 nitrogen and oxygen atoms in total. The van der Waals surface area contributed by atoms with Crippen molar-refractivity contribution in [3.8, 4) is 11.5 Å². The van der Waals surface area contributed by atoms with Crippen molar-refractivity contribution in [3.05, 3.63) is 83.9 Å². The average Bonchev–Trinajstić information content (AvgIpc) is 2.68. The van der Waals surface area contributed by atoms with E-state index in [1.54, 1.807) is 14.2 Å². The van der Waals surface area contributed by atoms with E-state index in [9.17, 15) is 0 Å². The Morgan fingerprint density at radius 3 is 2.00 bits per heavy atom. The predicted molar refractivity (Wildman–Crippen MR) is 104 cm³/mol. The molecule has 0 aliphatic heterocycles. The molecule has 0 aliphatic carbocycles. The minimum atomic E-state index is 0.761. The van der Waals surface area contributed by atoms with Crippen LogP contribution in [0.2, 0.25) is 0 Å². The molecule has 124 valence electrons. The summed E-state index contributed by atoms with van der Waals surface area (Å²) in [5.74, 6) is 1.52. The Balaban J connectivity index is 2.02. The number of benzene rings is 4. The van der Waals surface area contributed by atoms with Crippen molar-refractivity contribution < 1.29 is 9.47 Å². The second kappa shape index (κ2) is 6.48. The summed E-state index contributed by atoms with van der Waals surface area (Å²) in [7, 11) is 3.36. The van der Waals surface area contributed by atoms with Gasteiger partial charge in [-0.25, -0.2) is 0 Å². The standard InChI is InChI=1S/C23H20O2/c1-24-22-14-20-18(12-16-8-4-3-5-9-16)13-17-10-6-7-11-19(17)21(20)15-23(22)25-2/h3-11,13-15H,12H2,1-2H3. The van der Waals surface area contributed by atoms with Gasteiger partial charge in [-0.3, -0.25) is 0 Å². The molecule has 0 saturated heterocycles. The molecule has 0 unspecified atom stereocenters. The summed E-state index contributed by atoms with van der Waals surface area (Å²) in [4.78, 5) is 0. The van der Waals surface area contributed by atoms with E-state index in [2.05, 4.69) is 72.8 Å². The summed E-state index contributed by atoms with van der Waals surface area (Å²) >= 11 is 0. The highest BCUT2D eigenvalue weighted by molar-refractivity contribution is 6.10. The van der Waals surface area contributed by atoms with E-state index < -0.39 is 0 Å². The molecule has 4 rings (SSSR count). The highest BCUT2D eigenvalue weighted by Gasteiger charge is 2.12. The summed E-state index contributed by atoms with van der Waals surface area (Å²) in [5.41, 5.74) is 2.59. The van der Waals surface area contributed by atoms with Gasteiger partial charge < -0.3 is 9.47 Å². The first-order valence-corrected chi connectivity index (χ1v) is 8.40. The summed E-state index contributed by atoms with van der Waals surface area (Å²) in [6.07, 6.45) is 0.887. The van der Waals surface area contributed by atoms with E-state index in [-0.39, 0.29) is 0 Å². The Labute approximate surface area is 147 Å². The molecule has 0 aliphatic rings. The van der Waals surface area contributed by atoms with E-state index in [0.717, 1.165) is 17.9 Å². The second-order valence-corrected chi connectivity index (χ2v) is 6.17. The molecule has 0 bridgehead atoms. The number of ether oxygens (including phenoxy) is 2. The lowest BCUT2D eigenvalue weighted by Gasteiger charge is -2.15. The molecule has 0 heterocycles. The largest absolute Gasteiger partial charge is 0.493 e. The topological polar surface area (TPSA) is 18.5 Å². The maximum absolute atomic E-state index is 5.54. The zero-order valence-corrected chi connectivity index (χ0v) is 14.5. The minimum Gasteiger partial charge on any atom is -0.493 e. The van der Waals surface area contributed by atoms with E-state index in [1.165, 1.54) is 32.7 Å². The Hall–Kier alpha value is -3.00. The lowest BCUT2D eigenvalue weighted by molar-refractivity contribution is 0.356. The van der Waals surface area contributed by atoms with Crippen LogP contribution in [-0.2, 0) is 6.42 Å². The maximum Gasteiger partial charge on any atom is 0.161 e. The number of rotatable bonds is 4. The fraction of sp³-hybridized carbons (Fsp3) is 0.130. The van der Waals surface area contributed by atoms with Crippen LogP contribution < -0.4 is 9.47 Å². The third-order valence-electron chi connectivity index (χ3n) is 4.69. The van der Waals surface area contributed by atoms with Gasteiger partial charge in [0.25, 0.3) is 0 Å². The molecule has 0 amide bonds. The van der Waals surface area contributed by atoms with Gasteiger partial charge in [-0.05, 0) is 51.2 Å². The number of hydrogen-bond donors (Lipinski definition) is 0. The molecule has 0 radical (unpaired) electrons. The molecule has 0 saturated carbocycles. The zero-order valence-electron chi connectivity index (χ0n) is 14.5. The minimum absolute atomic E-state index is 0.761. The average molecular weight is 328 g/mol. The third kappa shape index (κ3) is 2.80. The SMILES string of the molecule is COc1cc2c(Cc3ccccc3)cc3ccccc3c2cc1OC. The Kier molecular flexibility index (Phi) is 4.02. The van der Waals surface area contributed by atoms with Crippen LogP contribution >= 0.6 is 0 Å². The van der Waals surface area contributed by atoms with Crippen LogP contribution in [0.4, 0.5) is 0 Å². The molecule has 0 atom stereocenters. The van der Waals surface area contributed by atoms with Crippen LogP contribution in [0.15, 0.2) is 72.8 Å². The van der Waals surface area contributed by atoms with Crippen molar-refractivity contribution >= 4 is 21.5 Å². The van der Waals surface area contributed by atoms with Crippen LogP contribution in [0.5, 0.6) is 11.5 Å². The summed E-state index contributed by atoms with van der Waals surface area (Å²) in [5, 5.41) is 4.88. The van der Waals surface area contributed by atoms with Gasteiger partial charge in [-0.15, -0.1) is 0 Å². The molecule has 0 N–H and O–H groups in total. The quantitative estimate of drug-likeness (QED) is 0.454. The van der Waals surface area contributed by atoms with Gasteiger partial charge >= 0.3 is 0 Å². The van der Waals surface area contributed by atoms with Crippen molar-refractivity contribution in [1.82, 2.24) is 0 Å². The van der Waals surface area contributed by atoms with Gasteiger partial charge in [0.15, 0.2) is 11.5 Å². The van der Waals surface area contributed by atoms with Crippen molar-refractivity contribution in [2.24, 2.45) is 0 Å². The number of hydrogen-bond acceptors (Lipinski definition) is 2. The van der Waals surface area contributed by atoms with Gasteiger partial charge in [-0.2, -0.15) is 0 Å². The number of fused-ring (bicyclic) bond motifs is 3. The molecule has 4 aromatic rings. The molecular formula is C23H20O2. The predicted octanol–water partition coefficient (Wildman–Crippen LogP) is 5.60. The first-order chi connectivity index (χ1) is 12.3. The molecule has 2 heteroatoms. The van der Waals surface area contributed by atoms with Gasteiger partial charge in [0.1, 0.15) is 0 Å². The lowest BCUT2D eigenvalue weighted by Crippen LogP contribution is -1.95. The Morgan fingerprint density at radius 1 is 0.640 bits per heavy atom. The van der Waals surface area contributed by atoms with E-state index in [0.29, 0.717) is 0 Å². The fourth-order valence-corrected chi connectivity index (χ4v) is 3.46. The first kappa shape index (κ1) is 15.5. The lowest BCUT2D eigenvalue weighted by atomic mass is 9.93. The summed E-state index contributed by atoms with van der Waals surface area (Å²) in [6.45, 7) is 0. The molecular weight excluding hydrogens is 308 g/mol. The normalized spacial score (nSPS) is 11.0. The highest BCUT2D eigenvalue weighted by atomic mass is 16.5. The number of methoxy groups -OCH3 is 2. The highest BCUT2D eigenvalue weighted by Crippen LogP contribution is 2.38. The van der Waals surface area contributed by atoms with E-state index in [1.807, 2.05) is 0 Å². The van der Waals surface area contributed by atoms with E-state index in [4.69, 9.17) is 9.47 Å². The first-order valence-electron chi connectivity index (χ1n) is 8.40. The van der Waals surface area contributed by atoms with Crippen molar-refractivity contribution in [2.75, 3.05) is 14.2 Å². The van der Waals surface area contributed by atoms with Crippen molar-refractivity contribution in [2.45, 2.75) is 6.42 Å². The molecule has 4 aromatic carbocycles. The van der Waals surface area contributed by atoms with Crippen molar-refractivity contribution in [3.63, 3.8) is 0 Å². The molecule has 25 heavy (non-hydrogen) atoms. The van der Waals surface area contributed by atoms with Crippen LogP contribution in [0.1, 0.15) is 11.1 Å². The third-order valence-corrected chi connectivity index (χ3v) is 4.69. The van der Waals surface area contributed by atoms with Gasteiger partial charge in [0.2, 0.25) is 0 Å². The Bertz CT molecular complexity index is 1040. The van der Waals surface area contributed by atoms with Crippen LogP contribution in [0.3, 0.4) is 0 Å². The van der Waals surface area contributed by atoms with Gasteiger partial charge in [-0.1, -0.05) is 60.7 Å². The summed E-state index contributed by atoms with van der Waals surface area (Å²) in [6, 6.07) is 25.5. The Morgan fingerprint density at radius 2 is 1.28 bits per heavy atom. The fourth-order valence-electron chi connectivity index (χ4n) is 3.46. The van der Waals surface area contributed by atoms with Crippen LogP contribution in [-0.4, -0.2) is 14.2 Å². The van der Waals surface area contributed by atoms with Crippen LogP contribution in [0, 0.1) is 0 Å². The van der Waals surface area contributed by atoms with Gasteiger partial charge in [0.05, 0.1) is 14.2 Å².